The molecule has 1 rings (SSSR count). The topological polar surface area (TPSA) is 38.9 Å². The minimum atomic E-state index is 0.0987. The highest BCUT2D eigenvalue weighted by Crippen LogP contribution is 2.32. The van der Waals surface area contributed by atoms with Gasteiger partial charge in [-0.1, -0.05) is 33.8 Å². The number of hydrogen-bond acceptors (Lipinski definition) is 2. The summed E-state index contributed by atoms with van der Waals surface area (Å²) in [6, 6.07) is 2.23. The van der Waals surface area contributed by atoms with E-state index >= 15 is 0 Å². The van der Waals surface area contributed by atoms with Crippen LogP contribution in [0, 0.1) is 18.3 Å². The van der Waals surface area contributed by atoms with Crippen molar-refractivity contribution in [3.8, 4) is 0 Å². The number of rotatable bonds is 3. The normalized spacial score (nSPS) is 15.9. The zero-order valence-corrected chi connectivity index (χ0v) is 11.1. The van der Waals surface area contributed by atoms with E-state index in [0.717, 1.165) is 12.0 Å². The first-order valence-corrected chi connectivity index (χ1v) is 5.98. The van der Waals surface area contributed by atoms with Gasteiger partial charge in [0.2, 0.25) is 0 Å². The van der Waals surface area contributed by atoms with E-state index < -0.39 is 0 Å². The maximum absolute atomic E-state index is 6.22. The highest BCUT2D eigenvalue weighted by Gasteiger charge is 2.22. The quantitative estimate of drug-likeness (QED) is 0.847. The third-order valence-corrected chi connectivity index (χ3v) is 3.41. The van der Waals surface area contributed by atoms with Crippen molar-refractivity contribution in [2.24, 2.45) is 17.1 Å². The van der Waals surface area contributed by atoms with E-state index in [1.807, 2.05) is 12.4 Å². The van der Waals surface area contributed by atoms with Gasteiger partial charge in [-0.05, 0) is 35.8 Å². The summed E-state index contributed by atoms with van der Waals surface area (Å²) >= 11 is 0. The number of aromatic nitrogens is 1. The summed E-state index contributed by atoms with van der Waals surface area (Å²) in [5.74, 6) is 0.600. The zero-order valence-electron chi connectivity index (χ0n) is 11.1. The van der Waals surface area contributed by atoms with Crippen LogP contribution in [0.4, 0.5) is 0 Å². The molecule has 0 fully saturated rings. The van der Waals surface area contributed by atoms with E-state index in [1.165, 1.54) is 5.56 Å². The maximum atomic E-state index is 6.22. The number of pyridine rings is 1. The number of nitrogens with zero attached hydrogens (tertiary/aromatic N) is 1. The third kappa shape index (κ3) is 3.60. The van der Waals surface area contributed by atoms with Crippen LogP contribution >= 0.6 is 0 Å². The Labute approximate surface area is 99.3 Å². The molecule has 2 nitrogen and oxygen atoms in total. The van der Waals surface area contributed by atoms with Gasteiger partial charge in [0, 0.05) is 18.4 Å². The van der Waals surface area contributed by atoms with Crippen LogP contribution in [0.25, 0.3) is 0 Å². The SMILES string of the molecule is Cc1cncc(C(N)CC(C)C(C)(C)C)c1. The van der Waals surface area contributed by atoms with Crippen LogP contribution in [0.3, 0.4) is 0 Å². The smallest absolute Gasteiger partial charge is 0.0315 e. The standard InChI is InChI=1S/C14H24N2/c1-10-6-12(9-16-8-10)13(15)7-11(2)14(3,4)5/h6,8-9,11,13H,7,15H2,1-5H3. The minimum absolute atomic E-state index is 0.0987. The maximum Gasteiger partial charge on any atom is 0.0315 e. The van der Waals surface area contributed by atoms with E-state index in [-0.39, 0.29) is 6.04 Å². The lowest BCUT2D eigenvalue weighted by Crippen LogP contribution is -2.23. The Morgan fingerprint density at radius 2 is 1.94 bits per heavy atom. The van der Waals surface area contributed by atoms with Gasteiger partial charge < -0.3 is 5.73 Å². The summed E-state index contributed by atoms with van der Waals surface area (Å²) in [4.78, 5) is 4.19. The van der Waals surface area contributed by atoms with E-state index in [0.29, 0.717) is 11.3 Å². The van der Waals surface area contributed by atoms with Crippen LogP contribution in [-0.2, 0) is 0 Å². The predicted octanol–water partition coefficient (Wildman–Crippen LogP) is 3.46. The van der Waals surface area contributed by atoms with Crippen LogP contribution in [0.1, 0.15) is 51.3 Å². The second-order valence-corrected chi connectivity index (χ2v) is 5.90. The predicted molar refractivity (Wildman–Crippen MR) is 69.1 cm³/mol. The summed E-state index contributed by atoms with van der Waals surface area (Å²) in [5.41, 5.74) is 8.86. The molecule has 0 amide bonds. The Morgan fingerprint density at radius 1 is 1.31 bits per heavy atom. The molecule has 0 aromatic carbocycles. The first-order valence-electron chi connectivity index (χ1n) is 5.98. The molecule has 0 saturated heterocycles. The molecular formula is C14H24N2. The lowest BCUT2D eigenvalue weighted by atomic mass is 9.78. The fourth-order valence-electron chi connectivity index (χ4n) is 1.65. The average molecular weight is 220 g/mol. The first-order chi connectivity index (χ1) is 7.30. The van der Waals surface area contributed by atoms with Gasteiger partial charge in [0.1, 0.15) is 0 Å². The van der Waals surface area contributed by atoms with Crippen molar-refractivity contribution < 1.29 is 0 Å². The zero-order chi connectivity index (χ0) is 12.3. The van der Waals surface area contributed by atoms with Gasteiger partial charge in [-0.15, -0.1) is 0 Å². The molecule has 90 valence electrons. The summed E-state index contributed by atoms with van der Waals surface area (Å²) < 4.78 is 0. The Hall–Kier alpha value is -0.890. The van der Waals surface area contributed by atoms with Gasteiger partial charge in [-0.2, -0.15) is 0 Å². The van der Waals surface area contributed by atoms with E-state index in [2.05, 4.69) is 45.7 Å². The highest BCUT2D eigenvalue weighted by molar-refractivity contribution is 5.19. The van der Waals surface area contributed by atoms with Crippen molar-refractivity contribution in [3.05, 3.63) is 29.6 Å². The lowest BCUT2D eigenvalue weighted by molar-refractivity contribution is 0.234. The van der Waals surface area contributed by atoms with Crippen molar-refractivity contribution in [2.45, 2.75) is 47.1 Å². The Morgan fingerprint density at radius 3 is 2.44 bits per heavy atom. The molecule has 0 spiro atoms. The molecule has 0 bridgehead atoms. The van der Waals surface area contributed by atoms with Crippen LogP contribution < -0.4 is 5.73 Å². The number of hydrogen-bond donors (Lipinski definition) is 1. The molecule has 0 aliphatic rings. The van der Waals surface area contributed by atoms with E-state index in [4.69, 9.17) is 5.73 Å². The minimum Gasteiger partial charge on any atom is -0.324 e. The van der Waals surface area contributed by atoms with Crippen molar-refractivity contribution in [2.75, 3.05) is 0 Å². The second kappa shape index (κ2) is 4.96. The monoisotopic (exact) mass is 220 g/mol. The molecule has 0 radical (unpaired) electrons. The van der Waals surface area contributed by atoms with Gasteiger partial charge in [0.25, 0.3) is 0 Å². The Balaban J connectivity index is 2.69. The van der Waals surface area contributed by atoms with Crippen molar-refractivity contribution in [3.63, 3.8) is 0 Å². The van der Waals surface area contributed by atoms with Crippen molar-refractivity contribution in [1.82, 2.24) is 4.98 Å². The van der Waals surface area contributed by atoms with Gasteiger partial charge in [-0.3, -0.25) is 4.98 Å². The molecule has 0 saturated carbocycles. The van der Waals surface area contributed by atoms with Gasteiger partial charge >= 0.3 is 0 Å². The molecule has 0 aliphatic carbocycles. The molecule has 2 heteroatoms. The van der Waals surface area contributed by atoms with Crippen LogP contribution in [0.5, 0.6) is 0 Å². The summed E-state index contributed by atoms with van der Waals surface area (Å²) in [7, 11) is 0. The van der Waals surface area contributed by atoms with Gasteiger partial charge in [0.15, 0.2) is 0 Å². The molecule has 16 heavy (non-hydrogen) atoms. The van der Waals surface area contributed by atoms with Crippen LogP contribution in [0.15, 0.2) is 18.5 Å². The fourth-order valence-corrected chi connectivity index (χ4v) is 1.65. The summed E-state index contributed by atoms with van der Waals surface area (Å²) in [6.45, 7) is 11.1. The van der Waals surface area contributed by atoms with Gasteiger partial charge in [-0.25, -0.2) is 0 Å². The molecule has 1 aromatic rings. The summed E-state index contributed by atoms with van der Waals surface area (Å²) in [5, 5.41) is 0. The summed E-state index contributed by atoms with van der Waals surface area (Å²) in [6.07, 6.45) is 4.76. The van der Waals surface area contributed by atoms with Crippen molar-refractivity contribution >= 4 is 0 Å². The third-order valence-electron chi connectivity index (χ3n) is 3.41. The van der Waals surface area contributed by atoms with Gasteiger partial charge in [0.05, 0.1) is 0 Å². The van der Waals surface area contributed by atoms with Crippen molar-refractivity contribution in [1.29, 1.82) is 0 Å². The fraction of sp³-hybridized carbons (Fsp3) is 0.643. The van der Waals surface area contributed by atoms with Crippen LogP contribution in [-0.4, -0.2) is 4.98 Å². The molecular weight excluding hydrogens is 196 g/mol. The largest absolute Gasteiger partial charge is 0.324 e. The molecule has 2 N–H and O–H groups in total. The molecule has 0 aliphatic heterocycles. The lowest BCUT2D eigenvalue weighted by Gasteiger charge is -2.29. The first kappa shape index (κ1) is 13.2. The number of aryl methyl sites for hydroxylation is 1. The second-order valence-electron chi connectivity index (χ2n) is 5.90. The molecule has 1 heterocycles. The molecule has 2 unspecified atom stereocenters. The van der Waals surface area contributed by atoms with E-state index in [9.17, 15) is 0 Å². The average Bonchev–Trinajstić information content (AvgIpc) is 2.16. The molecule has 2 atom stereocenters. The Kier molecular flexibility index (Phi) is 4.09. The van der Waals surface area contributed by atoms with Crippen LogP contribution in [0.2, 0.25) is 0 Å². The number of nitrogens with two attached hydrogens (primary N) is 1. The highest BCUT2D eigenvalue weighted by atomic mass is 14.7. The molecule has 1 aromatic heterocycles. The Bertz CT molecular complexity index is 339. The van der Waals surface area contributed by atoms with E-state index in [1.54, 1.807) is 0 Å².